The van der Waals surface area contributed by atoms with Crippen molar-refractivity contribution in [3.63, 3.8) is 0 Å². The van der Waals surface area contributed by atoms with Gasteiger partial charge in [-0.05, 0) is 0 Å². The second kappa shape index (κ2) is 20.9. The summed E-state index contributed by atoms with van der Waals surface area (Å²) in [5.74, 6) is 0. The number of hydrogen-bond acceptors (Lipinski definition) is 10. The van der Waals surface area contributed by atoms with Crippen LogP contribution in [0.25, 0.3) is 0 Å². The average molecular weight is 917 g/mol. The Morgan fingerprint density at radius 1 is 0.556 bits per heavy atom. The van der Waals surface area contributed by atoms with E-state index in [1.54, 1.807) is 0 Å². The minimum atomic E-state index is -5.97. The Hall–Kier alpha value is 10.7. The fourth-order valence-electron chi connectivity index (χ4n) is 0.260. The third kappa shape index (κ3) is 34.2. The van der Waals surface area contributed by atoms with E-state index >= 15 is 0 Å². The van der Waals surface area contributed by atoms with E-state index in [-0.39, 0.29) is 344 Å². The molecule has 0 aliphatic heterocycles. The molecule has 0 aliphatic rings. The third-order valence-electron chi connectivity index (χ3n) is 0.400. The summed E-state index contributed by atoms with van der Waals surface area (Å²) in [5.41, 5.74) is 0. The van der Waals surface area contributed by atoms with Gasteiger partial charge in [-0.2, -0.15) is 0 Å². The maximum Gasteiger partial charge on any atom is 1.00 e. The van der Waals surface area contributed by atoms with Gasteiger partial charge < -0.3 is 33.6 Å². The minimum absolute atomic E-state index is 0. The number of rotatable bonds is 4. The maximum atomic E-state index is 10.1. The fourth-order valence-corrected chi connectivity index (χ4v) is 2.61. The van der Waals surface area contributed by atoms with Crippen LogP contribution < -0.4 is 369 Å². The van der Waals surface area contributed by atoms with Crippen molar-refractivity contribution in [3.8, 4) is 0 Å². The summed E-state index contributed by atoms with van der Waals surface area (Å²) >= 11 is 0. The standard InChI is InChI=1S/5Cs.H5O10P3/c;;;;;1-11(2,3)9-13(7,8)10-12(4,5)6/h;;;;;(H,7,8)(H2,1,2,3)(H2,4,5,6)/q5*+1;/p-5. The van der Waals surface area contributed by atoms with E-state index in [0.29, 0.717) is 0 Å². The third-order valence-corrected chi connectivity index (χ3v) is 3.60. The largest absolute Gasteiger partial charge is 1.00 e. The molecule has 0 N–H and O–H groups in total. The van der Waals surface area contributed by atoms with Crippen molar-refractivity contribution in [2.75, 3.05) is 0 Å². The van der Waals surface area contributed by atoms with Gasteiger partial charge in [0.2, 0.25) is 0 Å². The molecule has 0 aromatic carbocycles. The normalized spacial score (nSPS) is 10.5. The maximum absolute atomic E-state index is 10.1. The van der Waals surface area contributed by atoms with Gasteiger partial charge >= 0.3 is 344 Å². The number of hydrogen-bond donors (Lipinski definition) is 0. The van der Waals surface area contributed by atoms with Crippen LogP contribution >= 0.6 is 23.5 Å². The first-order chi connectivity index (χ1) is 5.41. The Kier molecular flexibility index (Phi) is 49.6. The van der Waals surface area contributed by atoms with Gasteiger partial charge in [-0.25, -0.2) is 0 Å². The summed E-state index contributed by atoms with van der Waals surface area (Å²) in [7, 11) is -17.9. The van der Waals surface area contributed by atoms with E-state index in [4.69, 9.17) is 0 Å². The molecule has 10 nitrogen and oxygen atoms in total. The quantitative estimate of drug-likeness (QED) is 0.246. The molecule has 0 aromatic heterocycles. The molecule has 0 radical (unpaired) electrons. The van der Waals surface area contributed by atoms with Gasteiger partial charge in [0.1, 0.15) is 0 Å². The molecule has 0 heterocycles. The van der Waals surface area contributed by atoms with Gasteiger partial charge in [-0.15, -0.1) is 0 Å². The van der Waals surface area contributed by atoms with Gasteiger partial charge in [-0.3, -0.25) is 13.2 Å². The van der Waals surface area contributed by atoms with Crippen LogP contribution in [0.4, 0.5) is 0 Å². The van der Waals surface area contributed by atoms with Crippen LogP contribution in [0.1, 0.15) is 0 Å². The molecule has 0 atom stereocenters. The monoisotopic (exact) mass is 917 g/mol. The van der Waals surface area contributed by atoms with Crippen LogP contribution in [0.15, 0.2) is 0 Å². The summed E-state index contributed by atoms with van der Waals surface area (Å²) in [6.45, 7) is 0. The summed E-state index contributed by atoms with van der Waals surface area (Å²) in [4.78, 5) is 48.6. The molecular formula is Cs5O10P3. The zero-order chi connectivity index (χ0) is 10.9. The van der Waals surface area contributed by atoms with Crippen molar-refractivity contribution in [3.05, 3.63) is 0 Å². The smallest absolute Gasteiger partial charge is 0.790 e. The zero-order valence-electron chi connectivity index (χ0n) is 10.4. The summed E-state index contributed by atoms with van der Waals surface area (Å²) in [5, 5.41) is 0. The van der Waals surface area contributed by atoms with E-state index in [9.17, 15) is 38.2 Å². The van der Waals surface area contributed by atoms with Crippen LogP contribution in [0.2, 0.25) is 0 Å². The molecule has 0 aromatic rings. The molecule has 0 saturated heterocycles. The molecular weight excluding hydrogens is 917 g/mol. The first kappa shape index (κ1) is 42.7. The van der Waals surface area contributed by atoms with Crippen LogP contribution in [0, 0.1) is 0 Å². The Bertz CT molecular complexity index is 287. The zero-order valence-corrected chi connectivity index (χ0v) is 44.5. The second-order valence-corrected chi connectivity index (χ2v) is 5.49. The SMILES string of the molecule is O=P([O-])([O-])OP(=O)([O-])OP(=O)([O-])[O-].[Cs+].[Cs+].[Cs+].[Cs+].[Cs+]. The van der Waals surface area contributed by atoms with Gasteiger partial charge in [-0.1, -0.05) is 0 Å². The Morgan fingerprint density at radius 2 is 0.722 bits per heavy atom. The molecule has 0 spiro atoms. The van der Waals surface area contributed by atoms with Crippen molar-refractivity contribution in [1.29, 1.82) is 0 Å². The molecule has 80 valence electrons. The number of phosphoric acid groups is 3. The summed E-state index contributed by atoms with van der Waals surface area (Å²) < 4.78 is 34.7. The molecule has 0 unspecified atom stereocenters. The Labute approximate surface area is 398 Å². The Morgan fingerprint density at radius 3 is 0.833 bits per heavy atom. The van der Waals surface area contributed by atoms with Crippen LogP contribution in [-0.4, -0.2) is 0 Å². The topological polar surface area (TPSA) is 185 Å². The van der Waals surface area contributed by atoms with Crippen LogP contribution in [0.5, 0.6) is 0 Å². The molecule has 0 saturated carbocycles. The predicted octanol–water partition coefficient (Wildman–Crippen LogP) is -18.8. The van der Waals surface area contributed by atoms with Crippen molar-refractivity contribution >= 4 is 23.5 Å². The van der Waals surface area contributed by atoms with Crippen molar-refractivity contribution in [2.45, 2.75) is 0 Å². The van der Waals surface area contributed by atoms with E-state index < -0.39 is 23.5 Å². The minimum Gasteiger partial charge on any atom is -0.790 e. The van der Waals surface area contributed by atoms with E-state index in [0.717, 1.165) is 0 Å². The van der Waals surface area contributed by atoms with Gasteiger partial charge in [0.05, 0.1) is 15.6 Å². The molecule has 18 heavy (non-hydrogen) atoms. The van der Waals surface area contributed by atoms with Crippen LogP contribution in [-0.2, 0) is 22.3 Å². The van der Waals surface area contributed by atoms with E-state index in [1.165, 1.54) is 0 Å². The predicted molar refractivity (Wildman–Crippen MR) is 25.0 cm³/mol. The first-order valence-electron chi connectivity index (χ1n) is 2.19. The van der Waals surface area contributed by atoms with Gasteiger partial charge in [0.15, 0.2) is 0 Å². The van der Waals surface area contributed by atoms with E-state index in [1.807, 2.05) is 0 Å². The van der Waals surface area contributed by atoms with Gasteiger partial charge in [0.25, 0.3) is 7.82 Å². The van der Waals surface area contributed by atoms with Gasteiger partial charge in [0, 0.05) is 0 Å². The molecule has 0 aliphatic carbocycles. The van der Waals surface area contributed by atoms with Crippen LogP contribution in [0.3, 0.4) is 0 Å². The summed E-state index contributed by atoms with van der Waals surface area (Å²) in [6.07, 6.45) is 0. The molecule has 0 rings (SSSR count). The average Bonchev–Trinajstić information content (AvgIpc) is 1.43. The fraction of sp³-hybridized carbons (Fsp3) is 0. The first-order valence-corrected chi connectivity index (χ1v) is 6.57. The second-order valence-electron chi connectivity index (χ2n) is 1.50. The summed E-state index contributed by atoms with van der Waals surface area (Å²) in [6, 6.07) is 0. The molecule has 0 fully saturated rings. The van der Waals surface area contributed by atoms with Crippen molar-refractivity contribution in [2.24, 2.45) is 0 Å². The molecule has 18 heteroatoms. The molecule has 0 bridgehead atoms. The van der Waals surface area contributed by atoms with Crippen molar-refractivity contribution in [1.82, 2.24) is 0 Å². The molecule has 0 amide bonds. The Balaban J connectivity index is -0.0000000720. The van der Waals surface area contributed by atoms with E-state index in [2.05, 4.69) is 8.62 Å². The van der Waals surface area contributed by atoms with Crippen molar-refractivity contribution < 1.29 is 391 Å².